The fourth-order valence-corrected chi connectivity index (χ4v) is 3.85. The Bertz CT molecular complexity index is 682. The highest BCUT2D eigenvalue weighted by Crippen LogP contribution is 2.30. The summed E-state index contributed by atoms with van der Waals surface area (Å²) in [5.74, 6) is 2.00. The van der Waals surface area contributed by atoms with Crippen LogP contribution in [-0.4, -0.2) is 35.5 Å². The average molecular weight is 316 g/mol. The molecule has 0 aromatic carbocycles. The zero-order valence-corrected chi connectivity index (χ0v) is 13.3. The number of anilines is 1. The van der Waals surface area contributed by atoms with Crippen LogP contribution in [0.4, 0.5) is 5.82 Å². The summed E-state index contributed by atoms with van der Waals surface area (Å²) in [5, 5.41) is 6.27. The Labute approximate surface area is 133 Å². The monoisotopic (exact) mass is 316 g/mol. The van der Waals surface area contributed by atoms with Crippen molar-refractivity contribution in [1.82, 2.24) is 15.3 Å². The minimum absolute atomic E-state index is 0.0798. The van der Waals surface area contributed by atoms with Crippen molar-refractivity contribution in [2.24, 2.45) is 11.8 Å². The zero-order chi connectivity index (χ0) is 14.9. The molecule has 0 spiro atoms. The average Bonchev–Trinajstić information content (AvgIpc) is 3.27. The molecular formula is C16H20N4OS. The maximum atomic E-state index is 12.4. The molecule has 1 saturated carbocycles. The van der Waals surface area contributed by atoms with Gasteiger partial charge in [0.15, 0.2) is 0 Å². The highest BCUT2D eigenvalue weighted by atomic mass is 32.1. The van der Waals surface area contributed by atoms with Gasteiger partial charge in [0.05, 0.1) is 11.3 Å². The number of aromatic nitrogens is 2. The van der Waals surface area contributed by atoms with E-state index in [1.807, 2.05) is 5.38 Å². The molecule has 1 aliphatic heterocycles. The van der Waals surface area contributed by atoms with Gasteiger partial charge in [-0.15, -0.1) is 11.3 Å². The summed E-state index contributed by atoms with van der Waals surface area (Å²) in [6.07, 6.45) is 6.19. The fourth-order valence-electron chi connectivity index (χ4n) is 3.12. The van der Waals surface area contributed by atoms with E-state index in [0.717, 1.165) is 54.4 Å². The molecule has 2 aliphatic rings. The van der Waals surface area contributed by atoms with Gasteiger partial charge < -0.3 is 10.2 Å². The number of rotatable bonds is 4. The molecule has 1 N–H and O–H groups in total. The van der Waals surface area contributed by atoms with Gasteiger partial charge >= 0.3 is 0 Å². The molecule has 2 fully saturated rings. The number of nitrogens with zero attached hydrogens (tertiary/aromatic N) is 3. The number of carbonyl (C=O) groups is 1. The lowest BCUT2D eigenvalue weighted by Gasteiger charge is -2.33. The predicted molar refractivity (Wildman–Crippen MR) is 88.1 cm³/mol. The van der Waals surface area contributed by atoms with Crippen LogP contribution >= 0.6 is 11.3 Å². The Morgan fingerprint density at radius 2 is 2.27 bits per heavy atom. The topological polar surface area (TPSA) is 58.1 Å². The molecule has 116 valence electrons. The first-order chi connectivity index (χ1) is 10.8. The summed E-state index contributed by atoms with van der Waals surface area (Å²) in [6, 6.07) is 2.08. The minimum Gasteiger partial charge on any atom is -0.356 e. The van der Waals surface area contributed by atoms with Crippen LogP contribution < -0.4 is 10.2 Å². The molecule has 6 heteroatoms. The second kappa shape index (κ2) is 5.83. The Kier molecular flexibility index (Phi) is 3.70. The van der Waals surface area contributed by atoms with Crippen LogP contribution in [0.25, 0.3) is 10.2 Å². The van der Waals surface area contributed by atoms with Gasteiger partial charge in [0.25, 0.3) is 0 Å². The van der Waals surface area contributed by atoms with E-state index in [0.29, 0.717) is 0 Å². The highest BCUT2D eigenvalue weighted by Gasteiger charge is 2.29. The third-order valence-corrected chi connectivity index (χ3v) is 5.42. The first-order valence-electron chi connectivity index (χ1n) is 8.02. The standard InChI is InChI=1S/C16H20N4OS/c21-15(17-8-11-3-4-11)12-2-1-6-20(9-12)14-13-5-7-22-16(13)19-10-18-14/h5,7,10-12H,1-4,6,8-9H2,(H,17,21). The lowest BCUT2D eigenvalue weighted by Crippen LogP contribution is -2.43. The SMILES string of the molecule is O=C(NCC1CC1)C1CCCN(c2ncnc3sccc23)C1. The molecule has 2 aromatic rings. The number of nitrogens with one attached hydrogen (secondary N) is 1. The Morgan fingerprint density at radius 3 is 3.14 bits per heavy atom. The van der Waals surface area contributed by atoms with E-state index in [9.17, 15) is 4.79 Å². The van der Waals surface area contributed by atoms with Crippen molar-refractivity contribution in [2.45, 2.75) is 25.7 Å². The molecule has 0 radical (unpaired) electrons. The number of piperidine rings is 1. The summed E-state index contributed by atoms with van der Waals surface area (Å²) in [5.41, 5.74) is 0. The van der Waals surface area contributed by atoms with Crippen molar-refractivity contribution in [3.8, 4) is 0 Å². The smallest absolute Gasteiger partial charge is 0.224 e. The van der Waals surface area contributed by atoms with E-state index in [1.165, 1.54) is 12.8 Å². The summed E-state index contributed by atoms with van der Waals surface area (Å²) >= 11 is 1.63. The van der Waals surface area contributed by atoms with E-state index in [1.54, 1.807) is 17.7 Å². The van der Waals surface area contributed by atoms with Crippen LogP contribution in [0.15, 0.2) is 17.8 Å². The largest absolute Gasteiger partial charge is 0.356 e. The Morgan fingerprint density at radius 1 is 1.36 bits per heavy atom. The Balaban J connectivity index is 1.48. The summed E-state index contributed by atoms with van der Waals surface area (Å²) in [4.78, 5) is 24.4. The number of hydrogen-bond donors (Lipinski definition) is 1. The van der Waals surface area contributed by atoms with Gasteiger partial charge in [0, 0.05) is 19.6 Å². The van der Waals surface area contributed by atoms with Crippen LogP contribution in [-0.2, 0) is 4.79 Å². The quantitative estimate of drug-likeness (QED) is 0.941. The van der Waals surface area contributed by atoms with E-state index in [-0.39, 0.29) is 11.8 Å². The molecule has 1 saturated heterocycles. The molecule has 0 bridgehead atoms. The van der Waals surface area contributed by atoms with Crippen LogP contribution in [0, 0.1) is 11.8 Å². The normalized spacial score (nSPS) is 22.0. The van der Waals surface area contributed by atoms with Crippen molar-refractivity contribution >= 4 is 33.3 Å². The van der Waals surface area contributed by atoms with E-state index in [4.69, 9.17) is 0 Å². The first-order valence-corrected chi connectivity index (χ1v) is 8.90. The molecule has 3 heterocycles. The minimum atomic E-state index is 0.0798. The van der Waals surface area contributed by atoms with Crippen molar-refractivity contribution in [3.63, 3.8) is 0 Å². The third-order valence-electron chi connectivity index (χ3n) is 4.59. The molecule has 2 aromatic heterocycles. The third kappa shape index (κ3) is 2.79. The summed E-state index contributed by atoms with van der Waals surface area (Å²) in [6.45, 7) is 2.59. The van der Waals surface area contributed by atoms with E-state index < -0.39 is 0 Å². The molecular weight excluding hydrogens is 296 g/mol. The molecule has 1 unspecified atom stereocenters. The zero-order valence-electron chi connectivity index (χ0n) is 12.5. The molecule has 5 nitrogen and oxygen atoms in total. The first kappa shape index (κ1) is 13.9. The van der Waals surface area contributed by atoms with Crippen LogP contribution in [0.1, 0.15) is 25.7 Å². The van der Waals surface area contributed by atoms with Gasteiger partial charge in [0.2, 0.25) is 5.91 Å². The predicted octanol–water partition coefficient (Wildman–Crippen LogP) is 2.43. The molecule has 22 heavy (non-hydrogen) atoms. The van der Waals surface area contributed by atoms with Crippen molar-refractivity contribution in [3.05, 3.63) is 17.8 Å². The van der Waals surface area contributed by atoms with Gasteiger partial charge in [-0.05, 0) is 43.0 Å². The molecule has 1 atom stereocenters. The van der Waals surface area contributed by atoms with Crippen molar-refractivity contribution in [1.29, 1.82) is 0 Å². The van der Waals surface area contributed by atoms with Crippen LogP contribution in [0.5, 0.6) is 0 Å². The van der Waals surface area contributed by atoms with Gasteiger partial charge in [0.1, 0.15) is 17.0 Å². The highest BCUT2D eigenvalue weighted by molar-refractivity contribution is 7.16. The Hall–Kier alpha value is -1.69. The number of carbonyl (C=O) groups excluding carboxylic acids is 1. The van der Waals surface area contributed by atoms with Gasteiger partial charge in [-0.1, -0.05) is 0 Å². The lowest BCUT2D eigenvalue weighted by molar-refractivity contribution is -0.125. The van der Waals surface area contributed by atoms with Gasteiger partial charge in [-0.3, -0.25) is 4.79 Å². The number of thiophene rings is 1. The number of hydrogen-bond acceptors (Lipinski definition) is 5. The summed E-state index contributed by atoms with van der Waals surface area (Å²) < 4.78 is 0. The van der Waals surface area contributed by atoms with Crippen LogP contribution in [0.3, 0.4) is 0 Å². The fraction of sp³-hybridized carbons (Fsp3) is 0.562. The molecule has 1 amide bonds. The lowest BCUT2D eigenvalue weighted by atomic mass is 9.97. The second-order valence-corrected chi connectivity index (χ2v) is 7.20. The van der Waals surface area contributed by atoms with Crippen molar-refractivity contribution in [2.75, 3.05) is 24.5 Å². The summed E-state index contributed by atoms with van der Waals surface area (Å²) in [7, 11) is 0. The molecule has 1 aliphatic carbocycles. The molecule has 4 rings (SSSR count). The van der Waals surface area contributed by atoms with E-state index >= 15 is 0 Å². The second-order valence-electron chi connectivity index (χ2n) is 6.31. The maximum Gasteiger partial charge on any atom is 0.224 e. The number of amides is 1. The van der Waals surface area contributed by atoms with Crippen molar-refractivity contribution < 1.29 is 4.79 Å². The maximum absolute atomic E-state index is 12.4. The van der Waals surface area contributed by atoms with Gasteiger partial charge in [-0.2, -0.15) is 0 Å². The number of fused-ring (bicyclic) bond motifs is 1. The van der Waals surface area contributed by atoms with Crippen LogP contribution in [0.2, 0.25) is 0 Å². The van der Waals surface area contributed by atoms with E-state index in [2.05, 4.69) is 26.3 Å². The van der Waals surface area contributed by atoms with Gasteiger partial charge in [-0.25, -0.2) is 9.97 Å².